The zero-order valence-electron chi connectivity index (χ0n) is 16.3. The number of anilines is 1. The van der Waals surface area contributed by atoms with Crippen LogP contribution in [0, 0.1) is 10.1 Å². The van der Waals surface area contributed by atoms with Crippen LogP contribution in [0.25, 0.3) is 0 Å². The molecule has 1 N–H and O–H groups in total. The van der Waals surface area contributed by atoms with Crippen molar-refractivity contribution in [2.75, 3.05) is 38.6 Å². The van der Waals surface area contributed by atoms with Crippen LogP contribution in [0.2, 0.25) is 4.34 Å². The minimum absolute atomic E-state index is 0.167. The predicted molar refractivity (Wildman–Crippen MR) is 114 cm³/mol. The van der Waals surface area contributed by atoms with Crippen LogP contribution < -0.4 is 10.1 Å². The zero-order valence-corrected chi connectivity index (χ0v) is 17.8. The third-order valence-electron chi connectivity index (χ3n) is 5.00. The summed E-state index contributed by atoms with van der Waals surface area (Å²) in [7, 11) is 1.44. The second-order valence-corrected chi connectivity index (χ2v) is 8.62. The molecule has 1 saturated heterocycles. The van der Waals surface area contributed by atoms with Gasteiger partial charge in [-0.3, -0.25) is 24.7 Å². The summed E-state index contributed by atoms with van der Waals surface area (Å²) in [5.74, 6) is 0.0997. The number of hydrogen-bond donors (Lipinski definition) is 1. The van der Waals surface area contributed by atoms with E-state index in [1.54, 1.807) is 17.4 Å². The fourth-order valence-corrected chi connectivity index (χ4v) is 4.39. The summed E-state index contributed by atoms with van der Waals surface area (Å²) < 4.78 is 5.81. The molecule has 0 radical (unpaired) electrons. The average molecular weight is 439 g/mol. The van der Waals surface area contributed by atoms with Gasteiger partial charge in [-0.15, -0.1) is 11.3 Å². The van der Waals surface area contributed by atoms with Crippen LogP contribution in [0.3, 0.4) is 0 Å². The lowest BCUT2D eigenvalue weighted by atomic mass is 10.2. The average Bonchev–Trinajstić information content (AvgIpc) is 3.12. The Morgan fingerprint density at radius 2 is 2.03 bits per heavy atom. The number of amides is 1. The van der Waals surface area contributed by atoms with Crippen LogP contribution in [-0.2, 0) is 11.3 Å². The minimum Gasteiger partial charge on any atom is -0.496 e. The molecule has 2 heterocycles. The van der Waals surface area contributed by atoms with Crippen LogP contribution in [0.4, 0.5) is 11.4 Å². The molecule has 0 aliphatic carbocycles. The van der Waals surface area contributed by atoms with Gasteiger partial charge >= 0.3 is 0 Å². The van der Waals surface area contributed by atoms with Crippen molar-refractivity contribution < 1.29 is 14.5 Å². The second-order valence-electron chi connectivity index (χ2n) is 6.82. The molecule has 0 unspecified atom stereocenters. The number of nitrogens with one attached hydrogen (secondary N) is 1. The van der Waals surface area contributed by atoms with Gasteiger partial charge in [0.05, 0.1) is 28.5 Å². The topological polar surface area (TPSA) is 88.0 Å². The largest absolute Gasteiger partial charge is 0.496 e. The maximum atomic E-state index is 12.7. The van der Waals surface area contributed by atoms with Crippen LogP contribution in [0.5, 0.6) is 5.75 Å². The number of nitro groups is 1. The Hall–Kier alpha value is -2.20. The molecule has 2 aromatic rings. The molecule has 1 aliphatic rings. The van der Waals surface area contributed by atoms with Crippen molar-refractivity contribution in [2.24, 2.45) is 0 Å². The number of halogens is 1. The third kappa shape index (κ3) is 5.45. The van der Waals surface area contributed by atoms with Crippen LogP contribution >= 0.6 is 22.9 Å². The first-order chi connectivity index (χ1) is 13.9. The fourth-order valence-electron chi connectivity index (χ4n) is 3.26. The lowest BCUT2D eigenvalue weighted by Gasteiger charge is -2.37. The van der Waals surface area contributed by atoms with Gasteiger partial charge in [0.2, 0.25) is 5.91 Å². The van der Waals surface area contributed by atoms with Crippen molar-refractivity contribution >= 4 is 40.2 Å². The Kier molecular flexibility index (Phi) is 7.07. The Balaban J connectivity index is 1.56. The van der Waals surface area contributed by atoms with Gasteiger partial charge in [-0.25, -0.2) is 0 Å². The highest BCUT2D eigenvalue weighted by atomic mass is 35.5. The summed E-state index contributed by atoms with van der Waals surface area (Å²) >= 11 is 7.57. The van der Waals surface area contributed by atoms with E-state index in [9.17, 15) is 14.9 Å². The van der Waals surface area contributed by atoms with Crippen molar-refractivity contribution in [2.45, 2.75) is 19.5 Å². The fraction of sp³-hybridized carbons (Fsp3) is 0.421. The van der Waals surface area contributed by atoms with E-state index in [1.165, 1.54) is 24.1 Å². The van der Waals surface area contributed by atoms with Crippen molar-refractivity contribution in [3.63, 3.8) is 0 Å². The van der Waals surface area contributed by atoms with Crippen LogP contribution in [0.1, 0.15) is 11.8 Å². The summed E-state index contributed by atoms with van der Waals surface area (Å²) in [5.41, 5.74) is -0.0230. The smallest absolute Gasteiger partial charge is 0.296 e. The van der Waals surface area contributed by atoms with Gasteiger partial charge in [-0.2, -0.15) is 0 Å². The van der Waals surface area contributed by atoms with Crippen molar-refractivity contribution in [1.82, 2.24) is 9.80 Å². The molecule has 1 aromatic heterocycles. The van der Waals surface area contributed by atoms with Gasteiger partial charge < -0.3 is 10.1 Å². The number of nitro benzene ring substituents is 1. The third-order valence-corrected chi connectivity index (χ3v) is 6.22. The lowest BCUT2D eigenvalue weighted by Crippen LogP contribution is -2.52. The molecule has 0 spiro atoms. The van der Waals surface area contributed by atoms with E-state index in [1.807, 2.05) is 19.1 Å². The van der Waals surface area contributed by atoms with Gasteiger partial charge in [0, 0.05) is 37.6 Å². The Morgan fingerprint density at radius 1 is 1.31 bits per heavy atom. The van der Waals surface area contributed by atoms with Crippen LogP contribution in [0.15, 0.2) is 30.3 Å². The van der Waals surface area contributed by atoms with Gasteiger partial charge in [0.15, 0.2) is 0 Å². The van der Waals surface area contributed by atoms with Crippen molar-refractivity contribution in [1.29, 1.82) is 0 Å². The molecule has 0 saturated carbocycles. The van der Waals surface area contributed by atoms with Crippen molar-refractivity contribution in [3.05, 3.63) is 49.7 Å². The summed E-state index contributed by atoms with van der Waals surface area (Å²) in [5, 5.41) is 14.0. The van der Waals surface area contributed by atoms with Gasteiger partial charge in [0.1, 0.15) is 11.4 Å². The predicted octanol–water partition coefficient (Wildman–Crippen LogP) is 3.46. The van der Waals surface area contributed by atoms with E-state index in [2.05, 4.69) is 15.1 Å². The normalized spacial score (nSPS) is 16.4. The standard InChI is InChI=1S/C19H23ClN4O4S/c1-13(19(25)21-16-5-3-14(28-2)11-17(16)24(26)27)23-9-7-22(8-10-23)12-15-4-6-18(20)29-15/h3-6,11,13H,7-10,12H2,1-2H3,(H,21,25)/t13-/m0/s1. The molecule has 1 aromatic carbocycles. The molecule has 3 rings (SSSR count). The summed E-state index contributed by atoms with van der Waals surface area (Å²) in [6.45, 7) is 5.85. The first kappa shape index (κ1) is 21.5. The van der Waals surface area contributed by atoms with E-state index in [0.29, 0.717) is 5.75 Å². The molecule has 156 valence electrons. The number of hydrogen-bond acceptors (Lipinski definition) is 7. The zero-order chi connectivity index (χ0) is 21.0. The highest BCUT2D eigenvalue weighted by Crippen LogP contribution is 2.29. The number of ether oxygens (including phenoxy) is 1. The molecule has 0 bridgehead atoms. The first-order valence-corrected chi connectivity index (χ1v) is 10.4. The molecular weight excluding hydrogens is 416 g/mol. The molecule has 1 amide bonds. The number of thiophene rings is 1. The lowest BCUT2D eigenvalue weighted by molar-refractivity contribution is -0.384. The Labute approximate surface area is 178 Å². The maximum Gasteiger partial charge on any atom is 0.296 e. The van der Waals surface area contributed by atoms with E-state index in [0.717, 1.165) is 37.1 Å². The molecule has 1 fully saturated rings. The van der Waals surface area contributed by atoms with Crippen LogP contribution in [-0.4, -0.2) is 60.0 Å². The number of piperazine rings is 1. The second kappa shape index (κ2) is 9.53. The highest BCUT2D eigenvalue weighted by molar-refractivity contribution is 7.16. The summed E-state index contributed by atoms with van der Waals surface area (Å²) in [6, 6.07) is 7.93. The molecule has 1 aliphatic heterocycles. The first-order valence-electron chi connectivity index (χ1n) is 9.21. The quantitative estimate of drug-likeness (QED) is 0.526. The maximum absolute atomic E-state index is 12.7. The highest BCUT2D eigenvalue weighted by Gasteiger charge is 2.27. The van der Waals surface area contributed by atoms with E-state index >= 15 is 0 Å². The molecule has 29 heavy (non-hydrogen) atoms. The van der Waals surface area contributed by atoms with Crippen molar-refractivity contribution in [3.8, 4) is 5.75 Å². The van der Waals surface area contributed by atoms with E-state index < -0.39 is 11.0 Å². The van der Waals surface area contributed by atoms with Gasteiger partial charge in [0.25, 0.3) is 5.69 Å². The minimum atomic E-state index is -0.529. The SMILES string of the molecule is COc1ccc(NC(=O)[C@H](C)N2CCN(Cc3ccc(Cl)s3)CC2)c([N+](=O)[O-])c1. The van der Waals surface area contributed by atoms with E-state index in [4.69, 9.17) is 16.3 Å². The molecule has 8 nitrogen and oxygen atoms in total. The number of carbonyl (C=O) groups is 1. The number of methoxy groups -OCH3 is 1. The number of carbonyl (C=O) groups excluding carboxylic acids is 1. The monoisotopic (exact) mass is 438 g/mol. The number of rotatable bonds is 7. The number of nitrogens with zero attached hydrogens (tertiary/aromatic N) is 3. The summed E-state index contributed by atoms with van der Waals surface area (Å²) in [4.78, 5) is 29.1. The van der Waals surface area contributed by atoms with Gasteiger partial charge in [-0.05, 0) is 31.2 Å². The Morgan fingerprint density at radius 3 is 2.62 bits per heavy atom. The molecular formula is C19H23ClN4O4S. The molecule has 1 atom stereocenters. The number of benzene rings is 1. The van der Waals surface area contributed by atoms with Gasteiger partial charge in [-0.1, -0.05) is 11.6 Å². The summed E-state index contributed by atoms with van der Waals surface area (Å²) in [6.07, 6.45) is 0. The Bertz CT molecular complexity index is 883. The molecule has 10 heteroatoms. The van der Waals surface area contributed by atoms with E-state index in [-0.39, 0.29) is 17.3 Å².